The zero-order valence-corrected chi connectivity index (χ0v) is 18.4. The molecule has 0 amide bonds. The molecule has 0 aromatic heterocycles. The maximum Gasteiger partial charge on any atom is 0.303 e. The van der Waals surface area contributed by atoms with Crippen LogP contribution in [0.4, 0.5) is 0 Å². The van der Waals surface area contributed by atoms with Gasteiger partial charge in [0.1, 0.15) is 17.0 Å². The minimum absolute atomic E-state index is 0.0164. The van der Waals surface area contributed by atoms with Gasteiger partial charge in [-0.05, 0) is 96.7 Å². The first-order valence-corrected chi connectivity index (χ1v) is 10.1. The second kappa shape index (κ2) is 8.03. The van der Waals surface area contributed by atoms with E-state index in [2.05, 4.69) is 40.9 Å². The number of carbonyl (C=O) groups is 1. The molecule has 1 aromatic rings. The summed E-state index contributed by atoms with van der Waals surface area (Å²) in [5.74, 6) is 0.923. The van der Waals surface area contributed by atoms with Crippen LogP contribution < -0.4 is 4.74 Å². The summed E-state index contributed by atoms with van der Waals surface area (Å²) in [6, 6.07) is 0. The molecule has 1 heterocycles. The molecule has 1 aliphatic rings. The van der Waals surface area contributed by atoms with E-state index in [-0.39, 0.29) is 17.2 Å². The van der Waals surface area contributed by atoms with Gasteiger partial charge in [-0.1, -0.05) is 0 Å². The summed E-state index contributed by atoms with van der Waals surface area (Å²) in [4.78, 5) is 11.7. The van der Waals surface area contributed by atoms with Crippen LogP contribution in [-0.2, 0) is 16.0 Å². The first-order valence-electron chi connectivity index (χ1n) is 8.84. The number of hydrogen-bond acceptors (Lipinski definition) is 4. The molecule has 0 unspecified atom stereocenters. The zero-order chi connectivity index (χ0) is 19.6. The van der Waals surface area contributed by atoms with Crippen LogP contribution in [-0.4, -0.2) is 23.4 Å². The molecule has 1 aromatic carbocycles. The molecular formula is C21H34O3S. The van der Waals surface area contributed by atoms with Crippen molar-refractivity contribution in [1.29, 1.82) is 0 Å². The molecule has 0 saturated carbocycles. The number of esters is 1. The van der Waals surface area contributed by atoms with Crippen molar-refractivity contribution in [2.45, 2.75) is 91.3 Å². The predicted molar refractivity (Wildman–Crippen MR) is 107 cm³/mol. The summed E-state index contributed by atoms with van der Waals surface area (Å²) < 4.78 is 11.0. The Labute approximate surface area is 157 Å². The summed E-state index contributed by atoms with van der Waals surface area (Å²) in [5, 5.41) is 0. The van der Waals surface area contributed by atoms with Gasteiger partial charge < -0.3 is 9.47 Å². The maximum atomic E-state index is 10.2. The number of rotatable bonds is 1. The number of benzene rings is 1. The van der Waals surface area contributed by atoms with Crippen molar-refractivity contribution < 1.29 is 14.3 Å². The Kier molecular flexibility index (Phi) is 7.03. The molecule has 4 heteroatoms. The SMILES string of the molecule is CC(=O)OC(C)(C)C.CSc1c(C)c(C)c2c(c1C)CCC(C)(C)O2. The second-order valence-electron chi connectivity index (χ2n) is 8.28. The van der Waals surface area contributed by atoms with Crippen LogP contribution in [0.1, 0.15) is 70.2 Å². The monoisotopic (exact) mass is 366 g/mol. The summed E-state index contributed by atoms with van der Waals surface area (Å²) >= 11 is 1.85. The summed E-state index contributed by atoms with van der Waals surface area (Å²) in [5.41, 5.74) is 5.21. The highest BCUT2D eigenvalue weighted by Crippen LogP contribution is 2.42. The highest BCUT2D eigenvalue weighted by Gasteiger charge is 2.30. The van der Waals surface area contributed by atoms with Crippen molar-refractivity contribution in [3.8, 4) is 5.75 Å². The normalized spacial score (nSPS) is 15.4. The fraction of sp³-hybridized carbons (Fsp3) is 0.667. The van der Waals surface area contributed by atoms with Gasteiger partial charge in [0.2, 0.25) is 0 Å². The predicted octanol–water partition coefficient (Wildman–Crippen LogP) is 5.79. The van der Waals surface area contributed by atoms with Gasteiger partial charge in [0.25, 0.3) is 0 Å². The van der Waals surface area contributed by atoms with Crippen LogP contribution in [0.25, 0.3) is 0 Å². The van der Waals surface area contributed by atoms with E-state index in [0.29, 0.717) is 0 Å². The summed E-state index contributed by atoms with van der Waals surface area (Å²) in [6.45, 7) is 17.9. The van der Waals surface area contributed by atoms with Gasteiger partial charge in [-0.25, -0.2) is 0 Å². The van der Waals surface area contributed by atoms with E-state index in [9.17, 15) is 4.79 Å². The fourth-order valence-corrected chi connectivity index (χ4v) is 3.97. The van der Waals surface area contributed by atoms with Gasteiger partial charge in [0.15, 0.2) is 0 Å². The van der Waals surface area contributed by atoms with Crippen LogP contribution in [0.5, 0.6) is 5.75 Å². The third-order valence-corrected chi connectivity index (χ3v) is 5.34. The van der Waals surface area contributed by atoms with Gasteiger partial charge in [-0.3, -0.25) is 4.79 Å². The van der Waals surface area contributed by atoms with Crippen LogP contribution in [0.2, 0.25) is 0 Å². The number of ether oxygens (including phenoxy) is 2. The van der Waals surface area contributed by atoms with E-state index in [1.165, 1.54) is 34.1 Å². The number of carbonyl (C=O) groups excluding carboxylic acids is 1. The van der Waals surface area contributed by atoms with Gasteiger partial charge in [0, 0.05) is 11.8 Å². The molecule has 0 N–H and O–H groups in total. The fourth-order valence-electron chi connectivity index (χ4n) is 3.09. The lowest BCUT2D eigenvalue weighted by atomic mass is 9.88. The summed E-state index contributed by atoms with van der Waals surface area (Å²) in [7, 11) is 0. The Morgan fingerprint density at radius 3 is 2.08 bits per heavy atom. The summed E-state index contributed by atoms with van der Waals surface area (Å²) in [6.07, 6.45) is 4.41. The Balaban J connectivity index is 0.000000333. The molecule has 0 saturated heterocycles. The van der Waals surface area contributed by atoms with Crippen LogP contribution in [0.15, 0.2) is 4.90 Å². The molecule has 0 radical (unpaired) electrons. The lowest BCUT2D eigenvalue weighted by Gasteiger charge is -2.35. The first-order chi connectivity index (χ1) is 11.3. The van der Waals surface area contributed by atoms with Crippen LogP contribution in [0, 0.1) is 20.8 Å². The standard InChI is InChI=1S/C15H22OS.C6H12O2/c1-9-10(2)14(17-6)11(3)12-7-8-15(4,5)16-13(9)12;1-5(7)8-6(2,3)4/h7-8H2,1-6H3;1-4H3. The Hall–Kier alpha value is -1.16. The van der Waals surface area contributed by atoms with Crippen LogP contribution >= 0.6 is 11.8 Å². The highest BCUT2D eigenvalue weighted by atomic mass is 32.2. The molecule has 1 aliphatic heterocycles. The van der Waals surface area contributed by atoms with Gasteiger partial charge >= 0.3 is 5.97 Å². The molecule has 0 bridgehead atoms. The third kappa shape index (κ3) is 5.95. The lowest BCUT2D eigenvalue weighted by molar-refractivity contribution is -0.151. The topological polar surface area (TPSA) is 35.5 Å². The Morgan fingerprint density at radius 2 is 1.68 bits per heavy atom. The molecular weight excluding hydrogens is 332 g/mol. The zero-order valence-electron chi connectivity index (χ0n) is 17.5. The second-order valence-corrected chi connectivity index (χ2v) is 9.10. The minimum Gasteiger partial charge on any atom is -0.487 e. The van der Waals surface area contributed by atoms with Crippen molar-refractivity contribution in [3.05, 3.63) is 22.3 Å². The van der Waals surface area contributed by atoms with E-state index >= 15 is 0 Å². The number of hydrogen-bond donors (Lipinski definition) is 0. The van der Waals surface area contributed by atoms with Gasteiger partial charge in [0.05, 0.1) is 0 Å². The van der Waals surface area contributed by atoms with E-state index in [1.807, 2.05) is 32.5 Å². The lowest BCUT2D eigenvalue weighted by Crippen LogP contribution is -2.33. The quantitative estimate of drug-likeness (QED) is 0.466. The molecule has 0 spiro atoms. The number of thioether (sulfide) groups is 1. The van der Waals surface area contributed by atoms with Crippen molar-refractivity contribution >= 4 is 17.7 Å². The largest absolute Gasteiger partial charge is 0.487 e. The van der Waals surface area contributed by atoms with Crippen molar-refractivity contribution in [2.24, 2.45) is 0 Å². The number of fused-ring (bicyclic) bond motifs is 1. The van der Waals surface area contributed by atoms with E-state index in [0.717, 1.165) is 18.6 Å². The van der Waals surface area contributed by atoms with Gasteiger partial charge in [-0.15, -0.1) is 11.8 Å². The molecule has 3 nitrogen and oxygen atoms in total. The van der Waals surface area contributed by atoms with Crippen molar-refractivity contribution in [3.63, 3.8) is 0 Å². The molecule has 0 fully saturated rings. The average Bonchev–Trinajstić information content (AvgIpc) is 2.42. The third-order valence-electron chi connectivity index (χ3n) is 4.32. The molecule has 2 rings (SSSR count). The van der Waals surface area contributed by atoms with Gasteiger partial charge in [-0.2, -0.15) is 0 Å². The molecule has 25 heavy (non-hydrogen) atoms. The van der Waals surface area contributed by atoms with Crippen molar-refractivity contribution in [2.75, 3.05) is 6.26 Å². The molecule has 142 valence electrons. The average molecular weight is 367 g/mol. The maximum absolute atomic E-state index is 10.2. The Bertz CT molecular complexity index is 640. The van der Waals surface area contributed by atoms with Crippen LogP contribution in [0.3, 0.4) is 0 Å². The van der Waals surface area contributed by atoms with E-state index in [1.54, 1.807) is 0 Å². The van der Waals surface area contributed by atoms with Crippen molar-refractivity contribution in [1.82, 2.24) is 0 Å². The Morgan fingerprint density at radius 1 is 1.12 bits per heavy atom. The van der Waals surface area contributed by atoms with E-state index < -0.39 is 0 Å². The smallest absolute Gasteiger partial charge is 0.303 e. The van der Waals surface area contributed by atoms with E-state index in [4.69, 9.17) is 9.47 Å². The minimum atomic E-state index is -0.328. The molecule has 0 atom stereocenters. The molecule has 0 aliphatic carbocycles. The highest BCUT2D eigenvalue weighted by molar-refractivity contribution is 7.98. The first kappa shape index (κ1) is 21.9.